The monoisotopic (exact) mass is 509 g/mol. The van der Waals surface area contributed by atoms with Crippen LogP contribution in [0, 0.1) is 0 Å². The van der Waals surface area contributed by atoms with E-state index in [1.165, 1.54) is 36.4 Å². The van der Waals surface area contributed by atoms with E-state index >= 15 is 0 Å². The predicted octanol–water partition coefficient (Wildman–Crippen LogP) is 8.36. The molecule has 0 radical (unpaired) electrons. The molecule has 0 fully saturated rings. The molecule has 2 N–H and O–H groups in total. The van der Waals surface area contributed by atoms with E-state index in [1.54, 1.807) is 6.07 Å². The molecule has 0 aromatic heterocycles. The van der Waals surface area contributed by atoms with Gasteiger partial charge in [-0.1, -0.05) is 69.6 Å². The van der Waals surface area contributed by atoms with Crippen LogP contribution in [0.3, 0.4) is 0 Å². The van der Waals surface area contributed by atoms with E-state index in [1.807, 2.05) is 0 Å². The molecule has 29 heavy (non-hydrogen) atoms. The van der Waals surface area contributed by atoms with Crippen LogP contribution < -0.4 is 10.1 Å². The lowest BCUT2D eigenvalue weighted by atomic mass is 10.1. The SMILES string of the molecule is O=C(Nc1ccc(Oc2cc(Cl)cc(Cl)c2Cl)c(Cl)c1)c1cc(Cl)cc(Cl)c1O. The van der Waals surface area contributed by atoms with E-state index in [9.17, 15) is 9.90 Å². The highest BCUT2D eigenvalue weighted by atomic mass is 35.5. The summed E-state index contributed by atoms with van der Waals surface area (Å²) in [6, 6.07) is 10.1. The van der Waals surface area contributed by atoms with Crippen molar-refractivity contribution in [3.63, 3.8) is 0 Å². The van der Waals surface area contributed by atoms with Gasteiger partial charge in [-0.3, -0.25) is 4.79 Å². The fraction of sp³-hybridized carbons (Fsp3) is 0. The lowest BCUT2D eigenvalue weighted by molar-refractivity contribution is 0.102. The van der Waals surface area contributed by atoms with Crippen molar-refractivity contribution < 1.29 is 14.6 Å². The molecule has 4 nitrogen and oxygen atoms in total. The maximum Gasteiger partial charge on any atom is 0.259 e. The molecule has 0 saturated heterocycles. The average molecular weight is 512 g/mol. The van der Waals surface area contributed by atoms with Gasteiger partial charge in [-0.25, -0.2) is 0 Å². The van der Waals surface area contributed by atoms with Crippen LogP contribution in [0.1, 0.15) is 10.4 Å². The zero-order valence-corrected chi connectivity index (χ0v) is 18.6. The molecule has 0 spiro atoms. The Hall–Kier alpha value is -1.53. The van der Waals surface area contributed by atoms with Crippen molar-refractivity contribution in [3.8, 4) is 17.2 Å². The summed E-state index contributed by atoms with van der Waals surface area (Å²) in [5, 5.41) is 13.7. The van der Waals surface area contributed by atoms with Crippen LogP contribution in [-0.2, 0) is 0 Å². The van der Waals surface area contributed by atoms with Gasteiger partial charge in [0.1, 0.15) is 22.3 Å². The predicted molar refractivity (Wildman–Crippen MR) is 119 cm³/mol. The number of halogens is 6. The third-order valence-corrected chi connectivity index (χ3v) is 5.45. The van der Waals surface area contributed by atoms with Crippen molar-refractivity contribution in [3.05, 3.63) is 78.2 Å². The second-order valence-electron chi connectivity index (χ2n) is 5.68. The number of carbonyl (C=O) groups excluding carboxylic acids is 1. The number of aromatic hydroxyl groups is 1. The molecule has 0 heterocycles. The molecular formula is C19H9Cl6NO3. The minimum Gasteiger partial charge on any atom is -0.506 e. The fourth-order valence-corrected chi connectivity index (χ4v) is 3.66. The summed E-state index contributed by atoms with van der Waals surface area (Å²) in [6.45, 7) is 0. The van der Waals surface area contributed by atoms with Gasteiger partial charge in [-0.05, 0) is 36.4 Å². The molecule has 0 saturated carbocycles. The van der Waals surface area contributed by atoms with Crippen LogP contribution in [0.5, 0.6) is 17.2 Å². The Labute approximate surface area is 195 Å². The molecule has 0 unspecified atom stereocenters. The van der Waals surface area contributed by atoms with Gasteiger partial charge in [0.2, 0.25) is 0 Å². The van der Waals surface area contributed by atoms with Gasteiger partial charge in [-0.2, -0.15) is 0 Å². The Morgan fingerprint density at radius 2 is 1.45 bits per heavy atom. The molecule has 10 heteroatoms. The van der Waals surface area contributed by atoms with E-state index in [2.05, 4.69) is 5.32 Å². The van der Waals surface area contributed by atoms with E-state index in [-0.39, 0.29) is 47.9 Å². The number of amides is 1. The van der Waals surface area contributed by atoms with Crippen molar-refractivity contribution >= 4 is 81.2 Å². The fourth-order valence-electron chi connectivity index (χ4n) is 2.32. The van der Waals surface area contributed by atoms with Crippen LogP contribution in [0.4, 0.5) is 5.69 Å². The van der Waals surface area contributed by atoms with Crippen LogP contribution in [0.2, 0.25) is 30.1 Å². The maximum absolute atomic E-state index is 12.4. The lowest BCUT2D eigenvalue weighted by Gasteiger charge is -2.13. The van der Waals surface area contributed by atoms with Gasteiger partial charge in [0.25, 0.3) is 5.91 Å². The Morgan fingerprint density at radius 3 is 2.14 bits per heavy atom. The smallest absolute Gasteiger partial charge is 0.259 e. The number of anilines is 1. The van der Waals surface area contributed by atoms with Gasteiger partial charge in [0.15, 0.2) is 0 Å². The summed E-state index contributed by atoms with van der Waals surface area (Å²) in [4.78, 5) is 12.4. The molecule has 0 bridgehead atoms. The molecule has 3 aromatic carbocycles. The summed E-state index contributed by atoms with van der Waals surface area (Å²) in [5.41, 5.74) is 0.261. The first-order valence-corrected chi connectivity index (χ1v) is 10.0. The van der Waals surface area contributed by atoms with Crippen molar-refractivity contribution in [2.45, 2.75) is 0 Å². The number of phenols is 1. The van der Waals surface area contributed by atoms with E-state index < -0.39 is 5.91 Å². The molecule has 0 aliphatic carbocycles. The first-order valence-electron chi connectivity index (χ1n) is 7.77. The highest BCUT2D eigenvalue weighted by molar-refractivity contribution is 6.44. The number of rotatable bonds is 4. The van der Waals surface area contributed by atoms with Crippen LogP contribution in [0.25, 0.3) is 0 Å². The van der Waals surface area contributed by atoms with Crippen molar-refractivity contribution in [1.29, 1.82) is 0 Å². The van der Waals surface area contributed by atoms with Gasteiger partial charge in [0, 0.05) is 21.8 Å². The Balaban J connectivity index is 1.83. The summed E-state index contributed by atoms with van der Waals surface area (Å²) < 4.78 is 5.68. The maximum atomic E-state index is 12.4. The zero-order chi connectivity index (χ0) is 21.3. The molecule has 3 aromatic rings. The van der Waals surface area contributed by atoms with E-state index in [0.29, 0.717) is 10.7 Å². The topological polar surface area (TPSA) is 58.6 Å². The normalized spacial score (nSPS) is 10.7. The molecule has 0 atom stereocenters. The Kier molecular flexibility index (Phi) is 6.94. The second-order valence-corrected chi connectivity index (χ2v) is 8.16. The third kappa shape index (κ3) is 5.15. The number of carbonyl (C=O) groups is 1. The average Bonchev–Trinajstić information content (AvgIpc) is 2.64. The molecule has 3 rings (SSSR count). The number of benzene rings is 3. The largest absolute Gasteiger partial charge is 0.506 e. The van der Waals surface area contributed by atoms with Gasteiger partial charge in [0.05, 0.1) is 20.6 Å². The van der Waals surface area contributed by atoms with Crippen LogP contribution in [-0.4, -0.2) is 11.0 Å². The Morgan fingerprint density at radius 1 is 0.793 bits per heavy atom. The van der Waals surface area contributed by atoms with Gasteiger partial charge < -0.3 is 15.2 Å². The molecule has 1 amide bonds. The van der Waals surface area contributed by atoms with Crippen molar-refractivity contribution in [2.24, 2.45) is 0 Å². The summed E-state index contributed by atoms with van der Waals surface area (Å²) in [5.74, 6) is -0.520. The summed E-state index contributed by atoms with van der Waals surface area (Å²) in [7, 11) is 0. The number of hydrogen-bond donors (Lipinski definition) is 2. The molecule has 0 aliphatic heterocycles. The second kappa shape index (κ2) is 9.09. The third-order valence-electron chi connectivity index (χ3n) is 3.64. The van der Waals surface area contributed by atoms with Gasteiger partial charge in [-0.15, -0.1) is 0 Å². The minimum atomic E-state index is -0.624. The quantitative estimate of drug-likeness (QED) is 0.346. The highest BCUT2D eigenvalue weighted by Gasteiger charge is 2.17. The van der Waals surface area contributed by atoms with Crippen molar-refractivity contribution in [1.82, 2.24) is 0 Å². The molecule has 150 valence electrons. The number of ether oxygens (including phenoxy) is 1. The molecule has 0 aliphatic rings. The van der Waals surface area contributed by atoms with Gasteiger partial charge >= 0.3 is 0 Å². The first kappa shape index (κ1) is 22.2. The van der Waals surface area contributed by atoms with Crippen LogP contribution >= 0.6 is 69.6 Å². The summed E-state index contributed by atoms with van der Waals surface area (Å²) >= 11 is 36.0. The Bertz CT molecular complexity index is 1120. The number of hydrogen-bond acceptors (Lipinski definition) is 3. The highest BCUT2D eigenvalue weighted by Crippen LogP contribution is 2.40. The zero-order valence-electron chi connectivity index (χ0n) is 14.1. The lowest BCUT2D eigenvalue weighted by Crippen LogP contribution is -2.12. The van der Waals surface area contributed by atoms with E-state index in [0.717, 1.165) is 0 Å². The summed E-state index contributed by atoms with van der Waals surface area (Å²) in [6.07, 6.45) is 0. The standard InChI is InChI=1S/C19H9Cl6NO3/c20-8-3-11(18(27)14(24)5-8)19(28)26-10-1-2-15(12(22)7-10)29-16-6-9(21)4-13(23)17(16)25/h1-7,27H,(H,26,28). The molecular weight excluding hydrogens is 503 g/mol. The first-order chi connectivity index (χ1) is 13.7. The van der Waals surface area contributed by atoms with E-state index in [4.69, 9.17) is 74.3 Å². The number of phenolic OH excluding ortho intramolecular Hbond substituents is 1. The van der Waals surface area contributed by atoms with Crippen LogP contribution in [0.15, 0.2) is 42.5 Å². The minimum absolute atomic E-state index is 0.0403. The van der Waals surface area contributed by atoms with Crippen molar-refractivity contribution in [2.75, 3.05) is 5.32 Å². The number of nitrogens with one attached hydrogen (secondary N) is 1.